The molecular weight excluding hydrogens is 360 g/mol. The average molecular weight is 380 g/mol. The Balaban J connectivity index is 2.02. The zero-order valence-corrected chi connectivity index (χ0v) is 16.5. The Hall–Kier alpha value is -2.70. The average Bonchev–Trinajstić information content (AvgIpc) is 3.03. The number of phenols is 1. The molecular formula is C21H20N2O3S. The Bertz CT molecular complexity index is 1200. The van der Waals surface area contributed by atoms with Crippen LogP contribution in [0, 0.1) is 13.8 Å². The summed E-state index contributed by atoms with van der Waals surface area (Å²) in [4.78, 5) is 19.9. The van der Waals surface area contributed by atoms with E-state index in [1.807, 2.05) is 43.3 Å². The molecule has 0 saturated heterocycles. The summed E-state index contributed by atoms with van der Waals surface area (Å²) in [6.07, 6.45) is 0. The predicted molar refractivity (Wildman–Crippen MR) is 110 cm³/mol. The third-order valence-corrected chi connectivity index (χ3v) is 5.69. The zero-order valence-electron chi connectivity index (χ0n) is 15.7. The van der Waals surface area contributed by atoms with Crippen molar-refractivity contribution in [2.75, 3.05) is 14.1 Å². The second-order valence-corrected chi connectivity index (χ2v) is 8.00. The fourth-order valence-corrected chi connectivity index (χ4v) is 4.40. The minimum Gasteiger partial charge on any atom is -0.507 e. The van der Waals surface area contributed by atoms with Gasteiger partial charge in [0.25, 0.3) is 0 Å². The minimum atomic E-state index is -0.115. The quantitative estimate of drug-likeness (QED) is 0.569. The number of aryl methyl sites for hydroxylation is 2. The number of hydrogen-bond acceptors (Lipinski definition) is 6. The lowest BCUT2D eigenvalue weighted by Crippen LogP contribution is -2.13. The standard InChI is InChI=1S/C21H20N2O3S/c1-11-18(24)13(10-23(3)4)9-14-19(25)17(12(2)26-20(11)14)21-22-15-7-5-6-8-16(15)27-21/h5-9,24H,10H2,1-4H3. The van der Waals surface area contributed by atoms with Crippen molar-refractivity contribution < 1.29 is 9.52 Å². The van der Waals surface area contributed by atoms with Crippen LogP contribution in [0.25, 0.3) is 31.8 Å². The predicted octanol–water partition coefficient (Wildman–Crippen LogP) is 4.45. The topological polar surface area (TPSA) is 66.6 Å². The molecule has 0 spiro atoms. The Morgan fingerprint density at radius 3 is 2.67 bits per heavy atom. The van der Waals surface area contributed by atoms with E-state index in [0.717, 1.165) is 10.2 Å². The highest BCUT2D eigenvalue weighted by molar-refractivity contribution is 7.21. The summed E-state index contributed by atoms with van der Waals surface area (Å²) in [5.41, 5.74) is 2.96. The lowest BCUT2D eigenvalue weighted by molar-refractivity contribution is 0.385. The molecule has 5 nitrogen and oxygen atoms in total. The maximum absolute atomic E-state index is 13.3. The van der Waals surface area contributed by atoms with Crippen molar-refractivity contribution in [1.82, 2.24) is 9.88 Å². The third-order valence-electron chi connectivity index (χ3n) is 4.64. The normalized spacial score (nSPS) is 11.7. The number of para-hydroxylation sites is 1. The molecule has 0 aliphatic heterocycles. The van der Waals surface area contributed by atoms with Gasteiger partial charge in [-0.1, -0.05) is 12.1 Å². The molecule has 0 aliphatic carbocycles. The van der Waals surface area contributed by atoms with Crippen LogP contribution in [0.15, 0.2) is 39.5 Å². The highest BCUT2D eigenvalue weighted by Gasteiger charge is 2.21. The minimum absolute atomic E-state index is 0.115. The van der Waals surface area contributed by atoms with E-state index in [0.29, 0.717) is 45.0 Å². The van der Waals surface area contributed by atoms with Crippen LogP contribution in [-0.4, -0.2) is 29.1 Å². The first kappa shape index (κ1) is 17.7. The van der Waals surface area contributed by atoms with Gasteiger partial charge in [-0.2, -0.15) is 0 Å². The summed E-state index contributed by atoms with van der Waals surface area (Å²) < 4.78 is 7.02. The monoisotopic (exact) mass is 380 g/mol. The summed E-state index contributed by atoms with van der Waals surface area (Å²) in [6, 6.07) is 9.55. The first-order valence-electron chi connectivity index (χ1n) is 8.66. The van der Waals surface area contributed by atoms with Crippen molar-refractivity contribution >= 4 is 32.5 Å². The maximum atomic E-state index is 13.3. The lowest BCUT2D eigenvalue weighted by Gasteiger charge is -2.15. The maximum Gasteiger partial charge on any atom is 0.203 e. The summed E-state index contributed by atoms with van der Waals surface area (Å²) in [6.45, 7) is 4.08. The van der Waals surface area contributed by atoms with Crippen molar-refractivity contribution in [3.05, 3.63) is 57.4 Å². The van der Waals surface area contributed by atoms with Gasteiger partial charge in [0.1, 0.15) is 22.1 Å². The van der Waals surface area contributed by atoms with Gasteiger partial charge in [-0.05, 0) is 46.1 Å². The highest BCUT2D eigenvalue weighted by Crippen LogP contribution is 2.35. The number of aromatic hydroxyl groups is 1. The summed E-state index contributed by atoms with van der Waals surface area (Å²) in [5, 5.41) is 11.6. The lowest BCUT2D eigenvalue weighted by atomic mass is 10.0. The van der Waals surface area contributed by atoms with Crippen molar-refractivity contribution in [1.29, 1.82) is 0 Å². The van der Waals surface area contributed by atoms with Gasteiger partial charge >= 0.3 is 0 Å². The van der Waals surface area contributed by atoms with Gasteiger partial charge in [-0.3, -0.25) is 4.79 Å². The van der Waals surface area contributed by atoms with Gasteiger partial charge in [0.05, 0.1) is 21.2 Å². The van der Waals surface area contributed by atoms with Gasteiger partial charge in [0, 0.05) is 17.7 Å². The van der Waals surface area contributed by atoms with Crippen LogP contribution < -0.4 is 5.43 Å². The molecule has 0 aliphatic rings. The number of benzene rings is 2. The van der Waals surface area contributed by atoms with Crippen molar-refractivity contribution in [3.63, 3.8) is 0 Å². The molecule has 0 bridgehead atoms. The van der Waals surface area contributed by atoms with Crippen LogP contribution in [0.1, 0.15) is 16.9 Å². The summed E-state index contributed by atoms with van der Waals surface area (Å²) in [7, 11) is 3.84. The Labute approximate surface area is 160 Å². The number of phenolic OH excluding ortho intramolecular Hbond substituents is 1. The highest BCUT2D eigenvalue weighted by atomic mass is 32.1. The molecule has 27 heavy (non-hydrogen) atoms. The van der Waals surface area contributed by atoms with Gasteiger partial charge < -0.3 is 14.4 Å². The van der Waals surface area contributed by atoms with Crippen LogP contribution in [0.2, 0.25) is 0 Å². The smallest absolute Gasteiger partial charge is 0.203 e. The number of thiazole rings is 1. The number of hydrogen-bond donors (Lipinski definition) is 1. The zero-order chi connectivity index (χ0) is 19.3. The SMILES string of the molecule is Cc1oc2c(C)c(O)c(CN(C)C)cc2c(=O)c1-c1nc2ccccc2s1. The fourth-order valence-electron chi connectivity index (χ4n) is 3.35. The molecule has 4 rings (SSSR count). The number of nitrogens with zero attached hydrogens (tertiary/aromatic N) is 2. The van der Waals surface area contributed by atoms with Crippen LogP contribution in [0.5, 0.6) is 5.75 Å². The molecule has 2 aromatic heterocycles. The fraction of sp³-hybridized carbons (Fsp3) is 0.238. The van der Waals surface area contributed by atoms with Crippen molar-refractivity contribution in [2.45, 2.75) is 20.4 Å². The molecule has 0 saturated carbocycles. The van der Waals surface area contributed by atoms with Gasteiger partial charge in [-0.15, -0.1) is 11.3 Å². The number of rotatable bonds is 3. The second-order valence-electron chi connectivity index (χ2n) is 6.97. The molecule has 1 N–H and O–H groups in total. The Morgan fingerprint density at radius 2 is 1.96 bits per heavy atom. The van der Waals surface area contributed by atoms with Gasteiger partial charge in [0.15, 0.2) is 0 Å². The molecule has 0 fully saturated rings. The molecule has 0 unspecified atom stereocenters. The molecule has 6 heteroatoms. The second kappa shape index (κ2) is 6.48. The van der Waals surface area contributed by atoms with Crippen LogP contribution in [-0.2, 0) is 6.54 Å². The van der Waals surface area contributed by atoms with E-state index in [1.165, 1.54) is 11.3 Å². The van der Waals surface area contributed by atoms with E-state index < -0.39 is 0 Å². The number of fused-ring (bicyclic) bond motifs is 2. The molecule has 2 heterocycles. The molecule has 0 atom stereocenters. The van der Waals surface area contributed by atoms with Gasteiger partial charge in [-0.25, -0.2) is 4.98 Å². The van der Waals surface area contributed by atoms with Gasteiger partial charge in [0.2, 0.25) is 5.43 Å². The van der Waals surface area contributed by atoms with E-state index >= 15 is 0 Å². The van der Waals surface area contributed by atoms with Crippen molar-refractivity contribution in [2.24, 2.45) is 0 Å². The molecule has 2 aromatic carbocycles. The first-order chi connectivity index (χ1) is 12.9. The first-order valence-corrected chi connectivity index (χ1v) is 9.48. The van der Waals surface area contributed by atoms with E-state index in [4.69, 9.17) is 4.42 Å². The molecule has 4 aromatic rings. The van der Waals surface area contributed by atoms with E-state index in [1.54, 1.807) is 19.9 Å². The molecule has 0 radical (unpaired) electrons. The van der Waals surface area contributed by atoms with Crippen LogP contribution >= 0.6 is 11.3 Å². The summed E-state index contributed by atoms with van der Waals surface area (Å²) in [5.74, 6) is 0.681. The Morgan fingerprint density at radius 1 is 1.22 bits per heavy atom. The molecule has 0 amide bonds. The number of aromatic nitrogens is 1. The summed E-state index contributed by atoms with van der Waals surface area (Å²) >= 11 is 1.48. The largest absolute Gasteiger partial charge is 0.507 e. The van der Waals surface area contributed by atoms with Crippen LogP contribution in [0.3, 0.4) is 0 Å². The Kier molecular flexibility index (Phi) is 4.25. The molecule has 138 valence electrons. The van der Waals surface area contributed by atoms with Crippen LogP contribution in [0.4, 0.5) is 0 Å². The van der Waals surface area contributed by atoms with Crippen molar-refractivity contribution in [3.8, 4) is 16.3 Å². The third kappa shape index (κ3) is 2.91. The van der Waals surface area contributed by atoms with E-state index in [9.17, 15) is 9.90 Å². The van der Waals surface area contributed by atoms with E-state index in [-0.39, 0.29) is 11.2 Å². The van der Waals surface area contributed by atoms with E-state index in [2.05, 4.69) is 4.98 Å².